The number of H-pyrrole nitrogens is 1. The van der Waals surface area contributed by atoms with Gasteiger partial charge in [0.2, 0.25) is 0 Å². The van der Waals surface area contributed by atoms with Crippen LogP contribution in [0.4, 0.5) is 0 Å². The summed E-state index contributed by atoms with van der Waals surface area (Å²) in [6, 6.07) is 3.48. The molecule has 0 aromatic carbocycles. The van der Waals surface area contributed by atoms with Crippen LogP contribution < -0.4 is 5.56 Å². The number of fused-ring (bicyclic) bond motifs is 1. The third-order valence-corrected chi connectivity index (χ3v) is 2.21. The first kappa shape index (κ1) is 7.49. The number of pyridine rings is 2. The van der Waals surface area contributed by atoms with E-state index in [1.165, 1.54) is 0 Å². The number of rotatable bonds is 0. The summed E-state index contributed by atoms with van der Waals surface area (Å²) < 4.78 is 0.803. The van der Waals surface area contributed by atoms with E-state index in [1.807, 2.05) is 0 Å². The van der Waals surface area contributed by atoms with Gasteiger partial charge in [-0.25, -0.2) is 0 Å². The highest BCUT2D eigenvalue weighted by molar-refractivity contribution is 9.10. The second-order valence-corrected chi connectivity index (χ2v) is 3.22. The minimum Gasteiger partial charge on any atom is -0.327 e. The summed E-state index contributed by atoms with van der Waals surface area (Å²) in [6.07, 6.45) is 3.25. The van der Waals surface area contributed by atoms with Gasteiger partial charge in [-0.1, -0.05) is 0 Å². The Kier molecular flexibility index (Phi) is 1.69. The average Bonchev–Trinajstić information content (AvgIpc) is 2.12. The molecule has 2 heterocycles. The van der Waals surface area contributed by atoms with Crippen molar-refractivity contribution in [1.29, 1.82) is 0 Å². The molecule has 0 fully saturated rings. The number of nitrogens with one attached hydrogen (secondary N) is 1. The van der Waals surface area contributed by atoms with Crippen LogP contribution in [0.25, 0.3) is 10.9 Å². The second kappa shape index (κ2) is 2.71. The van der Waals surface area contributed by atoms with E-state index in [-0.39, 0.29) is 5.56 Å². The lowest BCUT2D eigenvalue weighted by atomic mass is 10.3. The van der Waals surface area contributed by atoms with E-state index < -0.39 is 0 Å². The van der Waals surface area contributed by atoms with Crippen LogP contribution in [-0.2, 0) is 0 Å². The molecule has 0 unspecified atom stereocenters. The van der Waals surface area contributed by atoms with Gasteiger partial charge in [0.1, 0.15) is 0 Å². The van der Waals surface area contributed by atoms with Crippen molar-refractivity contribution < 1.29 is 0 Å². The van der Waals surface area contributed by atoms with Crippen LogP contribution >= 0.6 is 15.9 Å². The van der Waals surface area contributed by atoms with Crippen molar-refractivity contribution in [2.24, 2.45) is 0 Å². The Labute approximate surface area is 76.6 Å². The topological polar surface area (TPSA) is 45.8 Å². The Bertz CT molecular complexity index is 478. The van der Waals surface area contributed by atoms with Crippen LogP contribution in [0.2, 0.25) is 0 Å². The third kappa shape index (κ3) is 1.04. The lowest BCUT2D eigenvalue weighted by molar-refractivity contribution is 1.24. The molecule has 12 heavy (non-hydrogen) atoms. The van der Waals surface area contributed by atoms with E-state index in [0.29, 0.717) is 10.9 Å². The Morgan fingerprint density at radius 3 is 3.08 bits per heavy atom. The highest BCUT2D eigenvalue weighted by Crippen LogP contribution is 2.16. The van der Waals surface area contributed by atoms with Crippen molar-refractivity contribution in [2.75, 3.05) is 0 Å². The number of halogens is 1. The largest absolute Gasteiger partial charge is 0.327 e. The Hall–Kier alpha value is -1.16. The van der Waals surface area contributed by atoms with Crippen molar-refractivity contribution in [2.45, 2.75) is 0 Å². The highest BCUT2D eigenvalue weighted by atomic mass is 79.9. The molecule has 2 aromatic rings. The first-order valence-electron chi connectivity index (χ1n) is 3.41. The van der Waals surface area contributed by atoms with Gasteiger partial charge in [0.05, 0.1) is 15.4 Å². The number of hydrogen-bond donors (Lipinski definition) is 1. The van der Waals surface area contributed by atoms with Crippen molar-refractivity contribution >= 4 is 26.8 Å². The number of hydrogen-bond acceptors (Lipinski definition) is 2. The van der Waals surface area contributed by atoms with Crippen molar-refractivity contribution in [3.8, 4) is 0 Å². The zero-order valence-electron chi connectivity index (χ0n) is 6.04. The minimum absolute atomic E-state index is 0.110. The minimum atomic E-state index is -0.110. The number of aromatic nitrogens is 2. The van der Waals surface area contributed by atoms with Crippen molar-refractivity contribution in [3.05, 3.63) is 39.4 Å². The van der Waals surface area contributed by atoms with E-state index >= 15 is 0 Å². The van der Waals surface area contributed by atoms with Crippen molar-refractivity contribution in [3.63, 3.8) is 0 Å². The SMILES string of the molecule is O=c1[nH]cc(Br)c2ncccc12. The number of nitrogens with zero attached hydrogens (tertiary/aromatic N) is 1. The lowest BCUT2D eigenvalue weighted by Gasteiger charge is -1.96. The normalized spacial score (nSPS) is 10.4. The predicted octanol–water partition coefficient (Wildman–Crippen LogP) is 1.69. The zero-order valence-corrected chi connectivity index (χ0v) is 7.63. The molecule has 0 spiro atoms. The zero-order chi connectivity index (χ0) is 8.55. The Morgan fingerprint density at radius 1 is 1.50 bits per heavy atom. The quantitative estimate of drug-likeness (QED) is 0.741. The molecule has 3 nitrogen and oxygen atoms in total. The van der Waals surface area contributed by atoms with E-state index in [2.05, 4.69) is 25.9 Å². The summed E-state index contributed by atoms with van der Waals surface area (Å²) in [5.74, 6) is 0. The van der Waals surface area contributed by atoms with Gasteiger partial charge in [0.15, 0.2) is 0 Å². The van der Waals surface area contributed by atoms with E-state index in [4.69, 9.17) is 0 Å². The molecule has 0 aliphatic heterocycles. The molecule has 0 atom stereocenters. The van der Waals surface area contributed by atoms with Crippen LogP contribution in [0.5, 0.6) is 0 Å². The van der Waals surface area contributed by atoms with Gasteiger partial charge in [0.25, 0.3) is 5.56 Å². The van der Waals surface area contributed by atoms with Gasteiger partial charge in [0, 0.05) is 12.4 Å². The molecule has 60 valence electrons. The Morgan fingerprint density at radius 2 is 2.33 bits per heavy atom. The molecule has 0 radical (unpaired) electrons. The first-order valence-corrected chi connectivity index (χ1v) is 4.20. The maximum atomic E-state index is 11.2. The van der Waals surface area contributed by atoms with Crippen molar-refractivity contribution in [1.82, 2.24) is 9.97 Å². The number of aromatic amines is 1. The molecular formula is C8H5BrN2O. The van der Waals surface area contributed by atoms with Gasteiger partial charge in [-0.2, -0.15) is 0 Å². The summed E-state index contributed by atoms with van der Waals surface area (Å²) in [4.78, 5) is 17.9. The fraction of sp³-hybridized carbons (Fsp3) is 0. The molecule has 2 rings (SSSR count). The molecular weight excluding hydrogens is 220 g/mol. The summed E-state index contributed by atoms with van der Waals surface area (Å²) in [7, 11) is 0. The first-order chi connectivity index (χ1) is 5.79. The van der Waals surface area contributed by atoms with Gasteiger partial charge in [-0.05, 0) is 28.1 Å². The molecule has 2 aromatic heterocycles. The Balaban J connectivity index is 3.05. The highest BCUT2D eigenvalue weighted by Gasteiger charge is 2.01. The molecule has 0 aliphatic rings. The molecule has 0 bridgehead atoms. The lowest BCUT2D eigenvalue weighted by Crippen LogP contribution is -2.05. The third-order valence-electron chi connectivity index (χ3n) is 1.61. The van der Waals surface area contributed by atoms with E-state index in [9.17, 15) is 4.79 Å². The van der Waals surface area contributed by atoms with E-state index in [0.717, 1.165) is 4.47 Å². The molecule has 0 amide bonds. The molecule has 4 heteroatoms. The fourth-order valence-electron chi connectivity index (χ4n) is 1.05. The molecule has 0 aliphatic carbocycles. The van der Waals surface area contributed by atoms with Crippen LogP contribution in [0, 0.1) is 0 Å². The summed E-state index contributed by atoms with van der Waals surface area (Å²) >= 11 is 3.30. The van der Waals surface area contributed by atoms with Crippen LogP contribution in [0.3, 0.4) is 0 Å². The maximum absolute atomic E-state index is 11.2. The van der Waals surface area contributed by atoms with E-state index in [1.54, 1.807) is 24.5 Å². The maximum Gasteiger partial charge on any atom is 0.257 e. The van der Waals surface area contributed by atoms with Gasteiger partial charge in [-0.15, -0.1) is 0 Å². The fourth-order valence-corrected chi connectivity index (χ4v) is 1.48. The summed E-state index contributed by atoms with van der Waals surface area (Å²) in [5.41, 5.74) is 0.586. The molecule has 1 N–H and O–H groups in total. The standard InChI is InChI=1S/C8H5BrN2O/c9-6-4-11-8(12)5-2-1-3-10-7(5)6/h1-4H,(H,11,12). The molecule has 0 saturated carbocycles. The molecule has 0 saturated heterocycles. The average molecular weight is 225 g/mol. The van der Waals surface area contributed by atoms with Gasteiger partial charge < -0.3 is 4.98 Å². The second-order valence-electron chi connectivity index (χ2n) is 2.37. The van der Waals surface area contributed by atoms with Crippen LogP contribution in [-0.4, -0.2) is 9.97 Å². The summed E-state index contributed by atoms with van der Waals surface area (Å²) in [6.45, 7) is 0. The summed E-state index contributed by atoms with van der Waals surface area (Å²) in [5, 5.41) is 0.604. The van der Waals surface area contributed by atoms with Crippen LogP contribution in [0.15, 0.2) is 33.8 Å². The smallest absolute Gasteiger partial charge is 0.257 e. The predicted molar refractivity (Wildman–Crippen MR) is 50.1 cm³/mol. The van der Waals surface area contributed by atoms with Gasteiger partial charge in [-0.3, -0.25) is 9.78 Å². The van der Waals surface area contributed by atoms with Crippen LogP contribution in [0.1, 0.15) is 0 Å². The van der Waals surface area contributed by atoms with Gasteiger partial charge >= 0.3 is 0 Å². The monoisotopic (exact) mass is 224 g/mol.